The number of hydrogen-bond acceptors (Lipinski definition) is 5. The quantitative estimate of drug-likeness (QED) is 0.459. The molecule has 2 atom stereocenters. The summed E-state index contributed by atoms with van der Waals surface area (Å²) in [6.45, 7) is 4.09. The van der Waals surface area contributed by atoms with Gasteiger partial charge in [-0.2, -0.15) is 13.2 Å². The Labute approximate surface area is 200 Å². The van der Waals surface area contributed by atoms with Gasteiger partial charge in [0.1, 0.15) is 11.6 Å². The van der Waals surface area contributed by atoms with E-state index in [-0.39, 0.29) is 34.8 Å². The molecule has 4 rings (SSSR count). The van der Waals surface area contributed by atoms with Crippen LogP contribution >= 0.6 is 0 Å². The summed E-state index contributed by atoms with van der Waals surface area (Å²) in [4.78, 5) is 31.8. The summed E-state index contributed by atoms with van der Waals surface area (Å²) >= 11 is 0. The van der Waals surface area contributed by atoms with Crippen LogP contribution in [0.4, 0.5) is 17.6 Å². The van der Waals surface area contributed by atoms with E-state index < -0.39 is 17.6 Å². The van der Waals surface area contributed by atoms with E-state index in [0.717, 1.165) is 25.2 Å². The number of aromatic nitrogens is 4. The number of amides is 1. The van der Waals surface area contributed by atoms with Crippen molar-refractivity contribution in [3.8, 4) is 11.4 Å². The molecule has 1 aliphatic heterocycles. The van der Waals surface area contributed by atoms with Crippen LogP contribution in [0, 0.1) is 18.7 Å². The number of rotatable bonds is 5. The Morgan fingerprint density at radius 3 is 2.46 bits per heavy atom. The number of nitrogens with zero attached hydrogens (tertiary/aromatic N) is 5. The minimum absolute atomic E-state index is 0.146. The number of benzene rings is 1. The number of aryl methyl sites for hydroxylation is 1. The minimum Gasteiger partial charge on any atom is -0.335 e. The van der Waals surface area contributed by atoms with E-state index in [1.165, 1.54) is 12.1 Å². The van der Waals surface area contributed by atoms with E-state index in [9.17, 15) is 22.4 Å². The smallest absolute Gasteiger partial charge is 0.335 e. The molecule has 2 aromatic heterocycles. The molecule has 0 saturated carbocycles. The third-order valence-corrected chi connectivity index (χ3v) is 6.49. The topological polar surface area (TPSA) is 71.9 Å². The van der Waals surface area contributed by atoms with Gasteiger partial charge < -0.3 is 4.90 Å². The zero-order valence-corrected chi connectivity index (χ0v) is 19.4. The first-order chi connectivity index (χ1) is 16.7. The summed E-state index contributed by atoms with van der Waals surface area (Å²) in [5.41, 5.74) is 0.00274. The molecule has 0 N–H and O–H groups in total. The number of halogens is 4. The molecule has 0 aliphatic carbocycles. The molecule has 1 amide bonds. The Hall–Kier alpha value is -3.43. The van der Waals surface area contributed by atoms with E-state index in [1.807, 2.05) is 6.92 Å². The molecular formula is C25H25F4N5O. The second-order valence-electron chi connectivity index (χ2n) is 8.78. The number of alkyl halides is 3. The molecule has 0 radical (unpaired) electrons. The Morgan fingerprint density at radius 1 is 1.11 bits per heavy atom. The summed E-state index contributed by atoms with van der Waals surface area (Å²) in [6, 6.07) is 4.28. The normalized spacial score (nSPS) is 18.5. The molecule has 0 unspecified atom stereocenters. The first-order valence-electron chi connectivity index (χ1n) is 11.4. The molecule has 6 nitrogen and oxygen atoms in total. The number of likely N-dealkylation sites (tertiary alicyclic amines) is 1. The van der Waals surface area contributed by atoms with Gasteiger partial charge in [-0.25, -0.2) is 24.3 Å². The zero-order valence-electron chi connectivity index (χ0n) is 19.4. The maximum Gasteiger partial charge on any atom is 0.419 e. The van der Waals surface area contributed by atoms with Crippen molar-refractivity contribution >= 4 is 5.91 Å². The Bertz CT molecular complexity index is 1180. The van der Waals surface area contributed by atoms with Crippen molar-refractivity contribution in [3.63, 3.8) is 0 Å². The third kappa shape index (κ3) is 5.31. The fraction of sp³-hybridized carbons (Fsp3) is 0.400. The maximum absolute atomic E-state index is 14.6. The maximum atomic E-state index is 14.6. The van der Waals surface area contributed by atoms with Crippen LogP contribution in [0.2, 0.25) is 0 Å². The summed E-state index contributed by atoms with van der Waals surface area (Å²) in [5, 5.41) is 0. The Kier molecular flexibility index (Phi) is 7.09. The van der Waals surface area contributed by atoms with Crippen LogP contribution in [0.15, 0.2) is 43.0 Å². The predicted octanol–water partition coefficient (Wildman–Crippen LogP) is 5.27. The van der Waals surface area contributed by atoms with E-state index >= 15 is 0 Å². The molecule has 1 aromatic carbocycles. The lowest BCUT2D eigenvalue weighted by Crippen LogP contribution is -2.48. The van der Waals surface area contributed by atoms with Crippen LogP contribution in [0.1, 0.15) is 53.5 Å². The van der Waals surface area contributed by atoms with Crippen molar-refractivity contribution in [1.29, 1.82) is 0 Å². The fourth-order valence-corrected chi connectivity index (χ4v) is 4.58. The average molecular weight is 488 g/mol. The monoisotopic (exact) mass is 487 g/mol. The van der Waals surface area contributed by atoms with Gasteiger partial charge in [0.15, 0.2) is 5.82 Å². The number of piperidine rings is 1. The zero-order chi connectivity index (χ0) is 25.2. The number of carbonyl (C=O) groups is 1. The van der Waals surface area contributed by atoms with E-state index in [4.69, 9.17) is 0 Å². The van der Waals surface area contributed by atoms with Crippen LogP contribution < -0.4 is 0 Å². The highest BCUT2D eigenvalue weighted by molar-refractivity contribution is 6.01. The van der Waals surface area contributed by atoms with Crippen LogP contribution in [-0.2, 0) is 12.6 Å². The molecule has 3 heterocycles. The van der Waals surface area contributed by atoms with Crippen molar-refractivity contribution in [1.82, 2.24) is 24.8 Å². The lowest BCUT2D eigenvalue weighted by Gasteiger charge is -2.40. The SMILES string of the molecule is Cc1c(F)ccc(-c2ncccn2)c1C(=O)N1CCC[C@@H](C)[C@H]1CCc1ncc(C(F)(F)F)cn1. The van der Waals surface area contributed by atoms with Gasteiger partial charge in [-0.3, -0.25) is 4.79 Å². The highest BCUT2D eigenvalue weighted by Crippen LogP contribution is 2.33. The van der Waals surface area contributed by atoms with Crippen molar-refractivity contribution in [2.24, 2.45) is 5.92 Å². The molecule has 35 heavy (non-hydrogen) atoms. The molecule has 184 valence electrons. The van der Waals surface area contributed by atoms with Crippen molar-refractivity contribution < 1.29 is 22.4 Å². The highest BCUT2D eigenvalue weighted by atomic mass is 19.4. The molecule has 1 aliphatic rings. The predicted molar refractivity (Wildman–Crippen MR) is 121 cm³/mol. The third-order valence-electron chi connectivity index (χ3n) is 6.49. The summed E-state index contributed by atoms with van der Waals surface area (Å²) in [7, 11) is 0. The first kappa shape index (κ1) is 24.7. The Morgan fingerprint density at radius 2 is 1.80 bits per heavy atom. The fourth-order valence-electron chi connectivity index (χ4n) is 4.58. The van der Waals surface area contributed by atoms with E-state index in [1.54, 1.807) is 30.3 Å². The lowest BCUT2D eigenvalue weighted by molar-refractivity contribution is -0.138. The molecule has 0 spiro atoms. The lowest BCUT2D eigenvalue weighted by atomic mass is 9.86. The van der Waals surface area contributed by atoms with Crippen LogP contribution in [-0.4, -0.2) is 43.3 Å². The summed E-state index contributed by atoms with van der Waals surface area (Å²) in [6.07, 6.45) is 2.66. The second-order valence-corrected chi connectivity index (χ2v) is 8.78. The minimum atomic E-state index is -4.50. The first-order valence-corrected chi connectivity index (χ1v) is 11.4. The van der Waals surface area contributed by atoms with Gasteiger partial charge in [-0.15, -0.1) is 0 Å². The molecule has 1 fully saturated rings. The summed E-state index contributed by atoms with van der Waals surface area (Å²) in [5.74, 6) is -0.0447. The number of hydrogen-bond donors (Lipinski definition) is 0. The van der Waals surface area contributed by atoms with Gasteiger partial charge in [-0.05, 0) is 55.9 Å². The van der Waals surface area contributed by atoms with E-state index in [2.05, 4.69) is 19.9 Å². The van der Waals surface area contributed by atoms with Crippen molar-refractivity contribution in [2.75, 3.05) is 6.54 Å². The standard InChI is InChI=1S/C25H25F4N5O/c1-15-5-3-12-34(20(15)8-9-21-32-13-17(14-33-21)25(27,28)29)24(35)22-16(2)19(26)7-6-18(22)23-30-10-4-11-31-23/h4,6-7,10-11,13-15,20H,3,5,8-9,12H2,1-2H3/t15-,20-/m1/s1. The average Bonchev–Trinajstić information content (AvgIpc) is 2.84. The van der Waals surface area contributed by atoms with Gasteiger partial charge >= 0.3 is 6.18 Å². The van der Waals surface area contributed by atoms with Gasteiger partial charge in [0, 0.05) is 49.4 Å². The second kappa shape index (κ2) is 10.1. The van der Waals surface area contributed by atoms with Crippen molar-refractivity contribution in [2.45, 2.75) is 51.7 Å². The molecule has 3 aromatic rings. The van der Waals surface area contributed by atoms with Gasteiger partial charge in [0.2, 0.25) is 0 Å². The number of carbonyl (C=O) groups excluding carboxylic acids is 1. The van der Waals surface area contributed by atoms with Gasteiger partial charge in [0.25, 0.3) is 5.91 Å². The molecular weight excluding hydrogens is 462 g/mol. The summed E-state index contributed by atoms with van der Waals surface area (Å²) < 4.78 is 53.0. The van der Waals surface area contributed by atoms with Crippen LogP contribution in [0.3, 0.4) is 0 Å². The molecule has 1 saturated heterocycles. The van der Waals surface area contributed by atoms with Crippen LogP contribution in [0.25, 0.3) is 11.4 Å². The van der Waals surface area contributed by atoms with Gasteiger partial charge in [-0.1, -0.05) is 6.92 Å². The largest absolute Gasteiger partial charge is 0.419 e. The highest BCUT2D eigenvalue weighted by Gasteiger charge is 2.35. The van der Waals surface area contributed by atoms with Crippen molar-refractivity contribution in [3.05, 3.63) is 71.3 Å². The van der Waals surface area contributed by atoms with Crippen LogP contribution in [0.5, 0.6) is 0 Å². The molecule has 0 bridgehead atoms. The van der Waals surface area contributed by atoms with Gasteiger partial charge in [0.05, 0.1) is 11.1 Å². The Balaban J connectivity index is 1.61. The van der Waals surface area contributed by atoms with E-state index in [0.29, 0.717) is 30.8 Å². The molecule has 10 heteroatoms.